The van der Waals surface area contributed by atoms with Crippen molar-refractivity contribution in [3.05, 3.63) is 22.8 Å². The first kappa shape index (κ1) is 15.1. The van der Waals surface area contributed by atoms with E-state index in [9.17, 15) is 0 Å². The van der Waals surface area contributed by atoms with Gasteiger partial charge in [0, 0.05) is 44.5 Å². The number of piperazine rings is 1. The summed E-state index contributed by atoms with van der Waals surface area (Å²) in [6, 6.07) is 1.68. The number of hydrogen-bond acceptors (Lipinski definition) is 4. The van der Waals surface area contributed by atoms with Crippen LogP contribution in [0, 0.1) is 11.3 Å². The Morgan fingerprint density at radius 1 is 1.40 bits per heavy atom. The Hall–Kier alpha value is -1.33. The monoisotopic (exact) mass is 295 g/mol. The number of nitrogens with zero attached hydrogens (tertiary/aromatic N) is 3. The quantitative estimate of drug-likeness (QED) is 0.656. The molecule has 1 saturated heterocycles. The summed E-state index contributed by atoms with van der Waals surface area (Å²) in [5.74, 6) is 1.41. The molecule has 3 N–H and O–H groups in total. The van der Waals surface area contributed by atoms with Gasteiger partial charge in [-0.25, -0.2) is 4.98 Å². The number of nitrogen functional groups attached to an aromatic ring is 1. The highest BCUT2D eigenvalue weighted by Gasteiger charge is 2.21. The Morgan fingerprint density at radius 2 is 2.05 bits per heavy atom. The fourth-order valence-corrected chi connectivity index (χ4v) is 2.85. The molecule has 6 heteroatoms. The molecule has 0 spiro atoms. The Bertz CT molecular complexity index is 480. The highest BCUT2D eigenvalue weighted by atomic mass is 35.5. The Balaban J connectivity index is 2.07. The molecule has 0 aliphatic carbocycles. The van der Waals surface area contributed by atoms with Crippen LogP contribution < -0.4 is 10.6 Å². The number of rotatable bonds is 4. The van der Waals surface area contributed by atoms with Gasteiger partial charge in [0.05, 0.1) is 5.02 Å². The van der Waals surface area contributed by atoms with Gasteiger partial charge in [-0.2, -0.15) is 0 Å². The molecule has 2 heterocycles. The molecule has 1 aromatic rings. The van der Waals surface area contributed by atoms with Crippen LogP contribution in [0.15, 0.2) is 12.3 Å². The minimum Gasteiger partial charge on any atom is -0.384 e. The van der Waals surface area contributed by atoms with E-state index in [4.69, 9.17) is 22.7 Å². The van der Waals surface area contributed by atoms with Crippen molar-refractivity contribution >= 4 is 23.3 Å². The van der Waals surface area contributed by atoms with Gasteiger partial charge in [-0.1, -0.05) is 25.4 Å². The van der Waals surface area contributed by atoms with Crippen LogP contribution in [-0.4, -0.2) is 48.4 Å². The Labute approximate surface area is 125 Å². The van der Waals surface area contributed by atoms with Crippen molar-refractivity contribution in [1.82, 2.24) is 9.88 Å². The normalized spacial score (nSPS) is 16.7. The highest BCUT2D eigenvalue weighted by molar-refractivity contribution is 6.36. The molecule has 5 nitrogen and oxygen atoms in total. The van der Waals surface area contributed by atoms with Crippen LogP contribution in [0.4, 0.5) is 5.82 Å². The van der Waals surface area contributed by atoms with Crippen molar-refractivity contribution < 1.29 is 0 Å². The molecular weight excluding hydrogens is 274 g/mol. The first-order valence-electron chi connectivity index (χ1n) is 6.95. The molecule has 110 valence electrons. The van der Waals surface area contributed by atoms with Gasteiger partial charge in [0.15, 0.2) is 0 Å². The topological polar surface area (TPSA) is 69.2 Å². The lowest BCUT2D eigenvalue weighted by atomic mass is 10.2. The van der Waals surface area contributed by atoms with Crippen molar-refractivity contribution in [3.63, 3.8) is 0 Å². The maximum atomic E-state index is 7.53. The second-order valence-corrected chi connectivity index (χ2v) is 5.97. The van der Waals surface area contributed by atoms with Crippen molar-refractivity contribution in [1.29, 1.82) is 5.41 Å². The summed E-state index contributed by atoms with van der Waals surface area (Å²) in [6.45, 7) is 9.44. The minimum absolute atomic E-state index is 0.0166. The van der Waals surface area contributed by atoms with Gasteiger partial charge in [-0.15, -0.1) is 0 Å². The van der Waals surface area contributed by atoms with E-state index in [0.717, 1.165) is 38.5 Å². The molecule has 0 saturated carbocycles. The number of anilines is 1. The van der Waals surface area contributed by atoms with E-state index >= 15 is 0 Å². The molecule has 1 aromatic heterocycles. The van der Waals surface area contributed by atoms with Gasteiger partial charge in [-0.3, -0.25) is 10.3 Å². The fourth-order valence-electron chi connectivity index (χ4n) is 2.52. The van der Waals surface area contributed by atoms with E-state index in [1.54, 1.807) is 12.3 Å². The zero-order valence-electron chi connectivity index (χ0n) is 12.1. The lowest BCUT2D eigenvalue weighted by molar-refractivity contribution is 0.231. The number of pyridine rings is 1. The number of aromatic nitrogens is 1. The van der Waals surface area contributed by atoms with Crippen LogP contribution in [0.5, 0.6) is 0 Å². The van der Waals surface area contributed by atoms with E-state index in [-0.39, 0.29) is 5.84 Å². The predicted octanol–water partition coefficient (Wildman–Crippen LogP) is 1.80. The minimum atomic E-state index is -0.0166. The van der Waals surface area contributed by atoms with Gasteiger partial charge in [-0.05, 0) is 12.0 Å². The second kappa shape index (κ2) is 6.41. The molecule has 0 aromatic carbocycles. The predicted molar refractivity (Wildman–Crippen MR) is 83.8 cm³/mol. The zero-order chi connectivity index (χ0) is 14.7. The van der Waals surface area contributed by atoms with E-state index < -0.39 is 0 Å². The number of nitrogens with one attached hydrogen (secondary N) is 1. The summed E-state index contributed by atoms with van der Waals surface area (Å²) in [6.07, 6.45) is 1.67. The summed E-state index contributed by atoms with van der Waals surface area (Å²) in [5.41, 5.74) is 6.09. The fraction of sp³-hybridized carbons (Fsp3) is 0.571. The van der Waals surface area contributed by atoms with Gasteiger partial charge in [0.2, 0.25) is 0 Å². The summed E-state index contributed by atoms with van der Waals surface area (Å²) < 4.78 is 0. The van der Waals surface area contributed by atoms with Crippen LogP contribution >= 0.6 is 11.6 Å². The molecule has 0 atom stereocenters. The lowest BCUT2D eigenvalue weighted by Gasteiger charge is -2.36. The van der Waals surface area contributed by atoms with Crippen LogP contribution in [0.3, 0.4) is 0 Å². The maximum absolute atomic E-state index is 7.53. The summed E-state index contributed by atoms with van der Waals surface area (Å²) in [7, 11) is 0. The van der Waals surface area contributed by atoms with E-state index in [2.05, 4.69) is 28.6 Å². The van der Waals surface area contributed by atoms with Crippen LogP contribution in [0.25, 0.3) is 0 Å². The van der Waals surface area contributed by atoms with Crippen LogP contribution in [-0.2, 0) is 0 Å². The molecule has 0 amide bonds. The Morgan fingerprint density at radius 3 is 2.60 bits per heavy atom. The van der Waals surface area contributed by atoms with Crippen molar-refractivity contribution in [2.75, 3.05) is 37.6 Å². The third-order valence-electron chi connectivity index (χ3n) is 3.46. The highest BCUT2D eigenvalue weighted by Crippen LogP contribution is 2.27. The van der Waals surface area contributed by atoms with Crippen LogP contribution in [0.2, 0.25) is 5.02 Å². The van der Waals surface area contributed by atoms with E-state index in [0.29, 0.717) is 16.5 Å². The largest absolute Gasteiger partial charge is 0.384 e. The maximum Gasteiger partial charge on any atom is 0.148 e. The van der Waals surface area contributed by atoms with Gasteiger partial charge < -0.3 is 10.6 Å². The number of halogens is 1. The molecule has 20 heavy (non-hydrogen) atoms. The summed E-state index contributed by atoms with van der Waals surface area (Å²) >= 11 is 6.32. The van der Waals surface area contributed by atoms with Crippen molar-refractivity contribution in [3.8, 4) is 0 Å². The van der Waals surface area contributed by atoms with Gasteiger partial charge >= 0.3 is 0 Å². The van der Waals surface area contributed by atoms with Crippen molar-refractivity contribution in [2.45, 2.75) is 13.8 Å². The molecule has 2 rings (SSSR count). The van der Waals surface area contributed by atoms with Gasteiger partial charge in [0.1, 0.15) is 11.7 Å². The standard InChI is InChI=1S/C14H22ClN5/c1-10(2)9-19-5-7-20(8-6-19)14-12(15)11(13(16)17)3-4-18-14/h3-4,10H,5-9H2,1-2H3,(H3,16,17). The SMILES string of the molecule is CC(C)CN1CCN(c2nccc(C(=N)N)c2Cl)CC1. The molecule has 1 fully saturated rings. The first-order valence-corrected chi connectivity index (χ1v) is 7.33. The smallest absolute Gasteiger partial charge is 0.148 e. The zero-order valence-corrected chi connectivity index (χ0v) is 12.8. The summed E-state index contributed by atoms with van der Waals surface area (Å²) in [5, 5.41) is 8.02. The number of hydrogen-bond donors (Lipinski definition) is 2. The molecule has 0 radical (unpaired) electrons. The third-order valence-corrected chi connectivity index (χ3v) is 3.83. The first-order chi connectivity index (χ1) is 9.49. The lowest BCUT2D eigenvalue weighted by Crippen LogP contribution is -2.47. The van der Waals surface area contributed by atoms with Crippen LogP contribution in [0.1, 0.15) is 19.4 Å². The van der Waals surface area contributed by atoms with Crippen molar-refractivity contribution in [2.24, 2.45) is 11.7 Å². The average molecular weight is 296 g/mol. The third kappa shape index (κ3) is 3.41. The number of amidine groups is 1. The molecule has 1 aliphatic rings. The van der Waals surface area contributed by atoms with Gasteiger partial charge in [0.25, 0.3) is 0 Å². The number of nitrogens with two attached hydrogens (primary N) is 1. The van der Waals surface area contributed by atoms with E-state index in [1.165, 1.54) is 0 Å². The second-order valence-electron chi connectivity index (χ2n) is 5.59. The molecular formula is C14H22ClN5. The Kier molecular flexibility index (Phi) is 4.83. The molecule has 1 aliphatic heterocycles. The molecule has 0 bridgehead atoms. The summed E-state index contributed by atoms with van der Waals surface area (Å²) in [4.78, 5) is 8.99. The average Bonchev–Trinajstić information content (AvgIpc) is 2.39. The van der Waals surface area contributed by atoms with E-state index in [1.807, 2.05) is 0 Å². The molecule has 0 unspecified atom stereocenters.